The van der Waals surface area contributed by atoms with Crippen molar-refractivity contribution < 1.29 is 8.42 Å². The molecule has 2 aromatic carbocycles. The van der Waals surface area contributed by atoms with Gasteiger partial charge in [-0.15, -0.1) is 0 Å². The molecule has 27 heavy (non-hydrogen) atoms. The van der Waals surface area contributed by atoms with Gasteiger partial charge in [0.25, 0.3) is 0 Å². The van der Waals surface area contributed by atoms with E-state index in [9.17, 15) is 8.42 Å². The second-order valence-corrected chi connectivity index (χ2v) is 9.35. The molecule has 142 valence electrons. The molecule has 0 aliphatic rings. The minimum atomic E-state index is -2.99. The van der Waals surface area contributed by atoms with Crippen LogP contribution < -0.4 is 0 Å². The quantitative estimate of drug-likeness (QED) is 0.604. The molecule has 0 N–H and O–H groups in total. The van der Waals surface area contributed by atoms with Crippen LogP contribution >= 0.6 is 11.6 Å². The molecule has 5 nitrogen and oxygen atoms in total. The molecular formula is C20H22ClN3O2S. The number of rotatable bonds is 7. The van der Waals surface area contributed by atoms with Gasteiger partial charge < -0.3 is 4.90 Å². The predicted molar refractivity (Wildman–Crippen MR) is 110 cm³/mol. The monoisotopic (exact) mass is 403 g/mol. The normalized spacial score (nSPS) is 11.9. The number of hydrogen-bond donors (Lipinski definition) is 0. The summed E-state index contributed by atoms with van der Waals surface area (Å²) in [5, 5.41) is 5.45. The Labute approximate surface area is 165 Å². The second kappa shape index (κ2) is 8.25. The lowest BCUT2D eigenvalue weighted by Crippen LogP contribution is -2.25. The van der Waals surface area contributed by atoms with Crippen molar-refractivity contribution in [3.05, 3.63) is 71.4 Å². The van der Waals surface area contributed by atoms with E-state index in [1.165, 1.54) is 6.26 Å². The third kappa shape index (κ3) is 5.42. The number of nitrogens with zero attached hydrogens (tertiary/aromatic N) is 3. The van der Waals surface area contributed by atoms with Crippen molar-refractivity contribution >= 4 is 21.4 Å². The summed E-state index contributed by atoms with van der Waals surface area (Å²) in [4.78, 5) is 1.99. The Morgan fingerprint density at radius 2 is 1.74 bits per heavy atom. The minimum Gasteiger partial charge on any atom is -0.301 e. The van der Waals surface area contributed by atoms with Gasteiger partial charge in [0.1, 0.15) is 9.84 Å². The summed E-state index contributed by atoms with van der Waals surface area (Å²) in [6.45, 7) is 1.07. The molecule has 0 saturated heterocycles. The van der Waals surface area contributed by atoms with Crippen LogP contribution in [0.5, 0.6) is 0 Å². The third-order valence-corrected chi connectivity index (χ3v) is 5.39. The topological polar surface area (TPSA) is 55.2 Å². The maximum Gasteiger partial charge on any atom is 0.148 e. The molecule has 3 aromatic rings. The fourth-order valence-electron chi connectivity index (χ4n) is 2.78. The molecule has 1 aromatic heterocycles. The van der Waals surface area contributed by atoms with Crippen LogP contribution in [0, 0.1) is 0 Å². The van der Waals surface area contributed by atoms with E-state index in [2.05, 4.69) is 0 Å². The third-order valence-electron chi connectivity index (χ3n) is 4.21. The first-order valence-corrected chi connectivity index (χ1v) is 11.0. The average molecular weight is 404 g/mol. The lowest BCUT2D eigenvalue weighted by Gasteiger charge is -2.15. The number of aromatic nitrogens is 2. The van der Waals surface area contributed by atoms with Crippen LogP contribution in [-0.4, -0.2) is 48.7 Å². The molecule has 0 fully saturated rings. The van der Waals surface area contributed by atoms with E-state index in [0.29, 0.717) is 18.1 Å². The highest BCUT2D eigenvalue weighted by Crippen LogP contribution is 2.26. The second-order valence-electron chi connectivity index (χ2n) is 6.66. The molecule has 0 saturated carbocycles. The smallest absolute Gasteiger partial charge is 0.148 e. The van der Waals surface area contributed by atoms with Gasteiger partial charge in [0.2, 0.25) is 0 Å². The Hall–Kier alpha value is -2.15. The summed E-state index contributed by atoms with van der Waals surface area (Å²) in [5.41, 5.74) is 3.83. The Morgan fingerprint density at radius 3 is 2.37 bits per heavy atom. The van der Waals surface area contributed by atoms with Crippen molar-refractivity contribution in [2.75, 3.05) is 25.6 Å². The number of sulfone groups is 1. The summed E-state index contributed by atoms with van der Waals surface area (Å²) in [6, 6.07) is 17.5. The lowest BCUT2D eigenvalue weighted by molar-refractivity contribution is 0.346. The molecule has 0 bridgehead atoms. The molecule has 0 radical (unpaired) electrons. The molecule has 0 spiro atoms. The molecule has 0 amide bonds. The fraction of sp³-hybridized carbons (Fsp3) is 0.250. The van der Waals surface area contributed by atoms with E-state index in [1.54, 1.807) is 0 Å². The standard InChI is InChI=1S/C20H22ClN3O2S/c1-23(12-13-27(2,25)26)14-17-15-24(19-6-4-3-5-7-19)22-20(17)16-8-10-18(21)11-9-16/h3-11,15H,12-14H2,1-2H3. The Bertz CT molecular complexity index is 999. The van der Waals surface area contributed by atoms with Crippen LogP contribution in [-0.2, 0) is 16.4 Å². The van der Waals surface area contributed by atoms with Crippen molar-refractivity contribution in [3.63, 3.8) is 0 Å². The molecule has 3 rings (SSSR count). The van der Waals surface area contributed by atoms with E-state index in [1.807, 2.05) is 77.4 Å². The molecular weight excluding hydrogens is 382 g/mol. The molecule has 0 aliphatic carbocycles. The summed E-state index contributed by atoms with van der Waals surface area (Å²) in [7, 11) is -1.08. The summed E-state index contributed by atoms with van der Waals surface area (Å²) >= 11 is 6.02. The van der Waals surface area contributed by atoms with Crippen molar-refractivity contribution in [1.82, 2.24) is 14.7 Å². The first-order chi connectivity index (χ1) is 12.8. The zero-order valence-electron chi connectivity index (χ0n) is 15.3. The SMILES string of the molecule is CN(CCS(C)(=O)=O)Cc1cn(-c2ccccc2)nc1-c1ccc(Cl)cc1. The zero-order chi connectivity index (χ0) is 19.4. The van der Waals surface area contributed by atoms with E-state index < -0.39 is 9.84 Å². The van der Waals surface area contributed by atoms with Crippen molar-refractivity contribution in [3.8, 4) is 16.9 Å². The summed E-state index contributed by atoms with van der Waals surface area (Å²) in [6.07, 6.45) is 3.25. The van der Waals surface area contributed by atoms with Gasteiger partial charge in [0.15, 0.2) is 0 Å². The van der Waals surface area contributed by atoms with Crippen molar-refractivity contribution in [1.29, 1.82) is 0 Å². The maximum absolute atomic E-state index is 11.4. The first kappa shape index (κ1) is 19.6. The van der Waals surface area contributed by atoms with E-state index in [-0.39, 0.29) is 5.75 Å². The first-order valence-electron chi connectivity index (χ1n) is 8.58. The predicted octanol–water partition coefficient (Wildman–Crippen LogP) is 3.67. The average Bonchev–Trinajstić information content (AvgIpc) is 3.04. The molecule has 0 atom stereocenters. The number of benzene rings is 2. The van der Waals surface area contributed by atoms with Crippen LogP contribution in [0.25, 0.3) is 16.9 Å². The number of halogens is 1. The Kier molecular flexibility index (Phi) is 5.99. The van der Waals surface area contributed by atoms with Crippen LogP contribution in [0.2, 0.25) is 5.02 Å². The van der Waals surface area contributed by atoms with Crippen molar-refractivity contribution in [2.24, 2.45) is 0 Å². The van der Waals surface area contributed by atoms with Gasteiger partial charge in [-0.05, 0) is 31.3 Å². The number of para-hydroxylation sites is 1. The highest BCUT2D eigenvalue weighted by molar-refractivity contribution is 7.90. The van der Waals surface area contributed by atoms with Gasteiger partial charge in [-0.1, -0.05) is 41.9 Å². The Morgan fingerprint density at radius 1 is 1.07 bits per heavy atom. The van der Waals surface area contributed by atoms with E-state index in [0.717, 1.165) is 22.5 Å². The molecule has 7 heteroatoms. The van der Waals surface area contributed by atoms with E-state index >= 15 is 0 Å². The van der Waals surface area contributed by atoms with Gasteiger partial charge in [-0.2, -0.15) is 5.10 Å². The lowest BCUT2D eigenvalue weighted by atomic mass is 10.1. The van der Waals surface area contributed by atoms with Gasteiger partial charge in [0, 0.05) is 41.7 Å². The van der Waals surface area contributed by atoms with E-state index in [4.69, 9.17) is 16.7 Å². The highest BCUT2D eigenvalue weighted by atomic mass is 35.5. The van der Waals surface area contributed by atoms with Crippen LogP contribution in [0.4, 0.5) is 0 Å². The van der Waals surface area contributed by atoms with Gasteiger partial charge in [-0.3, -0.25) is 0 Å². The van der Waals surface area contributed by atoms with Gasteiger partial charge in [-0.25, -0.2) is 13.1 Å². The minimum absolute atomic E-state index is 0.132. The summed E-state index contributed by atoms with van der Waals surface area (Å²) in [5.74, 6) is 0.132. The van der Waals surface area contributed by atoms with Crippen LogP contribution in [0.1, 0.15) is 5.56 Å². The zero-order valence-corrected chi connectivity index (χ0v) is 16.9. The van der Waals surface area contributed by atoms with Crippen LogP contribution in [0.15, 0.2) is 60.8 Å². The fourth-order valence-corrected chi connectivity index (χ4v) is 3.55. The van der Waals surface area contributed by atoms with Crippen molar-refractivity contribution in [2.45, 2.75) is 6.54 Å². The van der Waals surface area contributed by atoms with Crippen LogP contribution in [0.3, 0.4) is 0 Å². The number of hydrogen-bond acceptors (Lipinski definition) is 4. The molecule has 0 aliphatic heterocycles. The summed E-state index contributed by atoms with van der Waals surface area (Å²) < 4.78 is 24.7. The van der Waals surface area contributed by atoms with Gasteiger partial charge >= 0.3 is 0 Å². The van der Waals surface area contributed by atoms with Gasteiger partial charge in [0.05, 0.1) is 17.1 Å². The molecule has 0 unspecified atom stereocenters. The molecule has 1 heterocycles. The highest BCUT2D eigenvalue weighted by Gasteiger charge is 2.15. The largest absolute Gasteiger partial charge is 0.301 e. The maximum atomic E-state index is 11.4. The Balaban J connectivity index is 1.92.